The summed E-state index contributed by atoms with van der Waals surface area (Å²) in [5.74, 6) is 0.793. The van der Waals surface area contributed by atoms with Crippen molar-refractivity contribution in [1.82, 2.24) is 39.2 Å². The minimum atomic E-state index is -3.40. The van der Waals surface area contributed by atoms with Gasteiger partial charge in [0.05, 0.1) is 62.9 Å². The quantitative estimate of drug-likeness (QED) is 0.0776. The molecule has 0 N–H and O–H groups in total. The van der Waals surface area contributed by atoms with Gasteiger partial charge in [0.1, 0.15) is 4.66 Å². The summed E-state index contributed by atoms with van der Waals surface area (Å²) in [7, 11) is -0.395. The van der Waals surface area contributed by atoms with Gasteiger partial charge in [0.25, 0.3) is 23.6 Å². The number of carbonyl (C=O) groups excluding carboxylic acids is 12. The van der Waals surface area contributed by atoms with E-state index in [2.05, 4.69) is 79.6 Å². The summed E-state index contributed by atoms with van der Waals surface area (Å²) in [6.07, 6.45) is 9.21. The first-order valence-electron chi connectivity index (χ1n) is 35.3. The highest BCUT2D eigenvalue weighted by Crippen LogP contribution is 2.41. The Kier molecular flexibility index (Phi) is 35.8. The zero-order valence-electron chi connectivity index (χ0n) is 62.4. The Labute approximate surface area is 683 Å². The van der Waals surface area contributed by atoms with Gasteiger partial charge in [-0.05, 0) is 67.3 Å². The molecule has 6 saturated heterocycles. The lowest BCUT2D eigenvalue weighted by molar-refractivity contribution is -0.166. The fourth-order valence-corrected chi connectivity index (χ4v) is 17.3. The zero-order chi connectivity index (χ0) is 80.2. The minimum Gasteiger partial charge on any atom is -0.342 e. The Morgan fingerprint density at radius 2 is 0.761 bits per heavy atom. The molecule has 3 aromatic rings. The molecule has 8 heterocycles. The number of halogens is 5. The lowest BCUT2D eigenvalue weighted by Crippen LogP contribution is -2.73. The highest BCUT2D eigenvalue weighted by Gasteiger charge is 2.54. The summed E-state index contributed by atoms with van der Waals surface area (Å²) >= 11 is 15.6. The second-order valence-electron chi connectivity index (χ2n) is 27.2. The van der Waals surface area contributed by atoms with E-state index in [1.54, 1.807) is 79.3 Å². The lowest BCUT2D eigenvalue weighted by Gasteiger charge is -2.60. The van der Waals surface area contributed by atoms with Crippen LogP contribution in [0.25, 0.3) is 0 Å². The number of hydrogen-bond acceptors (Lipinski definition) is 16. The van der Waals surface area contributed by atoms with Crippen molar-refractivity contribution in [3.63, 3.8) is 0 Å². The fraction of sp³-hybridized carbons (Fsp3) is 0.541. The Balaban J connectivity index is 0.000000235. The molecule has 2 spiro atoms. The van der Waals surface area contributed by atoms with E-state index in [1.807, 2.05) is 81.4 Å². The molecule has 8 aliphatic heterocycles. The molecule has 35 heteroatoms. The van der Waals surface area contributed by atoms with Gasteiger partial charge in [-0.15, -0.1) is 0 Å². The third-order valence-electron chi connectivity index (χ3n) is 20.0. The smallest absolute Gasteiger partial charge is 0.253 e. The minimum absolute atomic E-state index is 0. The lowest BCUT2D eigenvalue weighted by atomic mass is 9.72. The Bertz CT molecular complexity index is 3780. The highest BCUT2D eigenvalue weighted by atomic mass is 79.9. The molecule has 3 aromatic carbocycles. The summed E-state index contributed by atoms with van der Waals surface area (Å²) in [4.78, 5) is 155. The normalized spacial score (nSPS) is 19.0. The van der Waals surface area contributed by atoms with Crippen molar-refractivity contribution >= 4 is 193 Å². The first-order chi connectivity index (χ1) is 51.1. The van der Waals surface area contributed by atoms with Gasteiger partial charge in [0.15, 0.2) is 0 Å². The maximum atomic E-state index is 11.7. The van der Waals surface area contributed by atoms with E-state index in [0.717, 1.165) is 128 Å². The molecule has 0 bridgehead atoms. The monoisotopic (exact) mass is 1870 g/mol. The molecule has 109 heavy (non-hydrogen) atoms. The third-order valence-corrected chi connectivity index (χ3v) is 26.7. The fourth-order valence-electron chi connectivity index (χ4n) is 13.5. The van der Waals surface area contributed by atoms with Crippen molar-refractivity contribution in [2.75, 3.05) is 157 Å². The number of likely N-dealkylation sites (tertiary alicyclic amines) is 6. The van der Waals surface area contributed by atoms with E-state index < -0.39 is 20.0 Å². The first-order valence-corrected chi connectivity index (χ1v) is 44.2. The number of sulfonamides is 2. The van der Waals surface area contributed by atoms with Crippen LogP contribution in [0.15, 0.2) is 97.1 Å². The second-order valence-corrected chi connectivity index (χ2v) is 35.0. The number of fused-ring (bicyclic) bond motifs is 1. The number of alkyl halides is 5. The van der Waals surface area contributed by atoms with Gasteiger partial charge >= 0.3 is 0 Å². The molecule has 11 rings (SSSR count). The van der Waals surface area contributed by atoms with E-state index in [1.165, 1.54) is 42.7 Å². The number of nitrogens with zero attached hydrogens (tertiary/aromatic N) is 12. The Hall–Kier alpha value is -6.92. The van der Waals surface area contributed by atoms with Crippen molar-refractivity contribution in [3.05, 3.63) is 108 Å². The summed E-state index contributed by atoms with van der Waals surface area (Å²) in [6.45, 7) is 19.4. The van der Waals surface area contributed by atoms with E-state index in [9.17, 15) is 74.4 Å². The maximum Gasteiger partial charge on any atom is 0.253 e. The standard InChI is InChI=1S/C16H12N2O4.C13H17BrN2O2.C12H19BrN2O2.C11H17BrN2O4S2.C11H17BrN2O2.C10H15BrN2O2.CH4/c19-13-4-5-14(20)17(13)9-11-2-1-3-12(8-11)10-18-15(21)6-7-16(18)22;1-4-12(17)15(2)10-7-5-6-8-11(10)16(3)13(18)9-14;1-2-10(16)14-5-3-12(8-14)4-6-15(9-12)11(17)7-13;1-4-19(15,16)13(2)10-5-7-11(8-6-10)14(3)20(17,18)9-12;1-2-10(15)13-4-8-6-14(11(16)3-12)7-9(8)5-13;1-2-8(14)12-4-10(5-12)6-13(7-10)9(15)3-11;/h1-8H,9-10H2;5-8H,4,9H2,1-3H3;2-9H2,1H3;5-8H,4,9H2,1-3H3;8-9H,2-7H2,1H3;2-7H2,1H3;1H4/t;;;;8-,9+;;. The molecular weight excluding hydrogens is 1780 g/mol. The van der Waals surface area contributed by atoms with Crippen molar-refractivity contribution in [3.8, 4) is 0 Å². The molecule has 8 aliphatic rings. The van der Waals surface area contributed by atoms with E-state index >= 15 is 0 Å². The highest BCUT2D eigenvalue weighted by molar-refractivity contribution is 9.11. The molecule has 28 nitrogen and oxygen atoms in total. The van der Waals surface area contributed by atoms with Crippen LogP contribution in [0.2, 0.25) is 0 Å². The van der Waals surface area contributed by atoms with Crippen molar-refractivity contribution < 1.29 is 74.4 Å². The van der Waals surface area contributed by atoms with E-state index in [-0.39, 0.29) is 118 Å². The van der Waals surface area contributed by atoms with Crippen LogP contribution in [0.1, 0.15) is 91.7 Å². The maximum absolute atomic E-state index is 11.7. The number of benzene rings is 3. The molecule has 0 radical (unpaired) electrons. The van der Waals surface area contributed by atoms with Crippen LogP contribution in [0, 0.1) is 22.7 Å². The predicted octanol–water partition coefficient (Wildman–Crippen LogP) is 7.59. The zero-order valence-corrected chi connectivity index (χ0v) is 71.9. The molecule has 1 unspecified atom stereocenters. The van der Waals surface area contributed by atoms with Crippen LogP contribution in [0.3, 0.4) is 0 Å². The van der Waals surface area contributed by atoms with Gasteiger partial charge in [-0.1, -0.05) is 151 Å². The van der Waals surface area contributed by atoms with Gasteiger partial charge in [-0.25, -0.2) is 16.8 Å². The Morgan fingerprint density at radius 1 is 0.422 bits per heavy atom. The van der Waals surface area contributed by atoms with Gasteiger partial charge in [0.2, 0.25) is 67.3 Å². The van der Waals surface area contributed by atoms with Crippen LogP contribution in [0.4, 0.5) is 22.7 Å². The molecule has 12 amide bonds. The van der Waals surface area contributed by atoms with Crippen molar-refractivity contribution in [2.45, 2.75) is 93.7 Å². The van der Waals surface area contributed by atoms with Gasteiger partial charge < -0.3 is 39.2 Å². The number of anilines is 4. The van der Waals surface area contributed by atoms with Crippen LogP contribution in [0.5, 0.6) is 0 Å². The SMILES string of the molecule is C.CCC(=O)N(C)c1ccccc1N(C)C(=O)CBr.CCC(=O)N1CC2(C1)CN(C(=O)CBr)C2.CCC(=O)N1CCC2(CCN(C(=O)CBr)C2)C1.CCC(=O)N1C[C@@H]2CN(C(=O)CBr)C[C@@H]2C1.CCS(=O)(=O)N(C)c1ccc(N(C)S(=O)(=O)CBr)cc1.O=C1C=CC(=O)N1Cc1cccc(CN2C(=O)C=CC2=O)c1. The van der Waals surface area contributed by atoms with Gasteiger partial charge in [-0.3, -0.25) is 75.9 Å². The van der Waals surface area contributed by atoms with Crippen LogP contribution < -0.4 is 18.4 Å². The van der Waals surface area contributed by atoms with Crippen LogP contribution in [-0.2, 0) is 90.7 Å². The number of rotatable bonds is 20. The molecule has 0 saturated carbocycles. The predicted molar refractivity (Wildman–Crippen MR) is 438 cm³/mol. The molecular formula is C74H101Br5N12O16S2. The van der Waals surface area contributed by atoms with Crippen molar-refractivity contribution in [2.24, 2.45) is 22.7 Å². The van der Waals surface area contributed by atoms with Gasteiger partial charge in [0, 0.05) is 179 Å². The molecule has 0 aliphatic carbocycles. The number of amides is 12. The van der Waals surface area contributed by atoms with Crippen LogP contribution in [-0.4, -0.2) is 265 Å². The topological polar surface area (TPSA) is 312 Å². The van der Waals surface area contributed by atoms with Crippen LogP contribution >= 0.6 is 79.6 Å². The molecule has 6 fully saturated rings. The molecule has 600 valence electrons. The summed E-state index contributed by atoms with van der Waals surface area (Å²) in [6, 6.07) is 20.8. The summed E-state index contributed by atoms with van der Waals surface area (Å²) in [5, 5.41) is 1.47. The average Bonchev–Trinajstić information content (AvgIpc) is 1.60. The number of carbonyl (C=O) groups is 12. The van der Waals surface area contributed by atoms with Gasteiger partial charge in [-0.2, -0.15) is 0 Å². The number of para-hydroxylation sites is 2. The number of hydrogen-bond donors (Lipinski definition) is 0. The Morgan fingerprint density at radius 3 is 1.14 bits per heavy atom. The summed E-state index contributed by atoms with van der Waals surface area (Å²) < 4.78 is 49.0. The average molecular weight is 1880 g/mol. The first kappa shape index (κ1) is 92.7. The molecule has 3 atom stereocenters. The summed E-state index contributed by atoms with van der Waals surface area (Å²) in [5.41, 5.74) is 4.36. The van der Waals surface area contributed by atoms with Crippen molar-refractivity contribution in [1.29, 1.82) is 0 Å². The largest absolute Gasteiger partial charge is 0.342 e. The second kappa shape index (κ2) is 42.1. The van der Waals surface area contributed by atoms with E-state index in [4.69, 9.17) is 0 Å². The third kappa shape index (κ3) is 24.3. The van der Waals surface area contributed by atoms with E-state index in [0.29, 0.717) is 64.9 Å². The number of imide groups is 2. The molecule has 0 aromatic heterocycles.